The lowest BCUT2D eigenvalue weighted by atomic mass is 10.1. The summed E-state index contributed by atoms with van der Waals surface area (Å²) in [6, 6.07) is 13.1. The van der Waals surface area contributed by atoms with Gasteiger partial charge in [0.25, 0.3) is 0 Å². The Bertz CT molecular complexity index is 685. The predicted molar refractivity (Wildman–Crippen MR) is 91.4 cm³/mol. The van der Waals surface area contributed by atoms with E-state index < -0.39 is 5.97 Å². The Morgan fingerprint density at radius 2 is 2.08 bits per heavy atom. The molecule has 0 amide bonds. The molecule has 24 heavy (non-hydrogen) atoms. The van der Waals surface area contributed by atoms with Crippen LogP contribution in [0, 0.1) is 0 Å². The van der Waals surface area contributed by atoms with Crippen molar-refractivity contribution in [2.45, 2.75) is 12.5 Å². The lowest BCUT2D eigenvalue weighted by Gasteiger charge is -2.24. The Labute approximate surface area is 140 Å². The number of aromatic carboxylic acids is 1. The van der Waals surface area contributed by atoms with E-state index in [-0.39, 0.29) is 5.69 Å². The van der Waals surface area contributed by atoms with Crippen LogP contribution in [0.15, 0.2) is 42.5 Å². The number of aromatic nitrogens is 1. The number of hydrogen-bond donors (Lipinski definition) is 3. The number of rotatable bonds is 6. The van der Waals surface area contributed by atoms with E-state index in [1.54, 1.807) is 6.07 Å². The summed E-state index contributed by atoms with van der Waals surface area (Å²) in [5.74, 6) is -0.527. The van der Waals surface area contributed by atoms with Gasteiger partial charge in [-0.3, -0.25) is 0 Å². The van der Waals surface area contributed by atoms with Crippen molar-refractivity contribution in [3.05, 3.63) is 48.2 Å². The highest BCUT2D eigenvalue weighted by molar-refractivity contribution is 5.86. The predicted octanol–water partition coefficient (Wildman–Crippen LogP) is 1.78. The summed E-state index contributed by atoms with van der Waals surface area (Å²) < 4.78 is 5.79. The van der Waals surface area contributed by atoms with Crippen molar-refractivity contribution < 1.29 is 14.6 Å². The molecule has 1 unspecified atom stereocenters. The largest absolute Gasteiger partial charge is 0.493 e. The molecule has 0 radical (unpaired) electrons. The number of pyridine rings is 1. The summed E-state index contributed by atoms with van der Waals surface area (Å²) in [7, 11) is 0. The maximum Gasteiger partial charge on any atom is 0.354 e. The van der Waals surface area contributed by atoms with Crippen LogP contribution < -0.4 is 15.4 Å². The second-order valence-electron chi connectivity index (χ2n) is 5.74. The van der Waals surface area contributed by atoms with E-state index in [4.69, 9.17) is 4.74 Å². The third-order valence-corrected chi connectivity index (χ3v) is 3.95. The molecule has 0 bridgehead atoms. The molecule has 0 aliphatic carbocycles. The van der Waals surface area contributed by atoms with Crippen molar-refractivity contribution >= 4 is 5.97 Å². The minimum Gasteiger partial charge on any atom is -0.493 e. The van der Waals surface area contributed by atoms with E-state index in [0.29, 0.717) is 24.1 Å². The quantitative estimate of drug-likeness (QED) is 0.750. The molecule has 1 atom stereocenters. The molecule has 0 spiro atoms. The van der Waals surface area contributed by atoms with Crippen LogP contribution in [0.2, 0.25) is 0 Å². The Morgan fingerprint density at radius 1 is 1.25 bits per heavy atom. The normalized spacial score (nSPS) is 17.4. The van der Waals surface area contributed by atoms with Crippen LogP contribution in [0.4, 0.5) is 0 Å². The minimum atomic E-state index is -1.06. The molecule has 3 N–H and O–H groups in total. The van der Waals surface area contributed by atoms with E-state index in [1.165, 1.54) is 6.07 Å². The van der Waals surface area contributed by atoms with Crippen LogP contribution in [0.25, 0.3) is 11.3 Å². The van der Waals surface area contributed by atoms with Gasteiger partial charge >= 0.3 is 5.97 Å². The fourth-order valence-electron chi connectivity index (χ4n) is 2.69. The van der Waals surface area contributed by atoms with Gasteiger partial charge in [-0.25, -0.2) is 9.78 Å². The first-order valence-electron chi connectivity index (χ1n) is 8.10. The van der Waals surface area contributed by atoms with Gasteiger partial charge < -0.3 is 20.5 Å². The molecule has 6 nitrogen and oxygen atoms in total. The summed E-state index contributed by atoms with van der Waals surface area (Å²) in [5, 5.41) is 16.0. The second-order valence-corrected chi connectivity index (χ2v) is 5.74. The molecule has 2 heterocycles. The monoisotopic (exact) mass is 327 g/mol. The number of hydrogen-bond acceptors (Lipinski definition) is 5. The van der Waals surface area contributed by atoms with Gasteiger partial charge in [0, 0.05) is 43.4 Å². The number of nitrogens with one attached hydrogen (secondary N) is 2. The van der Waals surface area contributed by atoms with Crippen LogP contribution in [-0.4, -0.2) is 48.3 Å². The molecule has 0 saturated carbocycles. The van der Waals surface area contributed by atoms with Crippen molar-refractivity contribution in [1.29, 1.82) is 0 Å². The zero-order valence-electron chi connectivity index (χ0n) is 13.4. The standard InChI is InChI=1S/C18H21N3O3/c22-18(23)17-11-15(24-9-6-14-12-19-7-8-20-14)10-16(21-17)13-4-2-1-3-5-13/h1-5,10-11,14,19-20H,6-9,12H2,(H,22,23). The van der Waals surface area contributed by atoms with Gasteiger partial charge in [0.15, 0.2) is 5.69 Å². The van der Waals surface area contributed by atoms with Crippen molar-refractivity contribution in [1.82, 2.24) is 15.6 Å². The molecule has 6 heteroatoms. The van der Waals surface area contributed by atoms with Crippen molar-refractivity contribution in [2.75, 3.05) is 26.2 Å². The number of carbonyl (C=O) groups is 1. The van der Waals surface area contributed by atoms with Crippen molar-refractivity contribution in [2.24, 2.45) is 0 Å². The van der Waals surface area contributed by atoms with Crippen LogP contribution >= 0.6 is 0 Å². The molecule has 1 fully saturated rings. The fraction of sp³-hybridized carbons (Fsp3) is 0.333. The van der Waals surface area contributed by atoms with Crippen LogP contribution in [0.3, 0.4) is 0 Å². The Hall–Kier alpha value is -2.44. The van der Waals surface area contributed by atoms with Crippen molar-refractivity contribution in [3.63, 3.8) is 0 Å². The smallest absolute Gasteiger partial charge is 0.354 e. The van der Waals surface area contributed by atoms with Crippen molar-refractivity contribution in [3.8, 4) is 17.0 Å². The molecule has 3 rings (SSSR count). The molecular weight excluding hydrogens is 306 g/mol. The Morgan fingerprint density at radius 3 is 2.79 bits per heavy atom. The molecule has 1 aliphatic rings. The summed E-state index contributed by atoms with van der Waals surface area (Å²) in [6.45, 7) is 3.40. The van der Waals surface area contributed by atoms with Crippen LogP contribution in [0.5, 0.6) is 5.75 Å². The highest BCUT2D eigenvalue weighted by atomic mass is 16.5. The minimum absolute atomic E-state index is 0.0104. The first-order valence-corrected chi connectivity index (χ1v) is 8.10. The third-order valence-electron chi connectivity index (χ3n) is 3.95. The number of benzene rings is 1. The number of carboxylic acids is 1. The van der Waals surface area contributed by atoms with Crippen LogP contribution in [-0.2, 0) is 0 Å². The SMILES string of the molecule is O=C(O)c1cc(OCCC2CNCCN2)cc(-c2ccccc2)n1. The number of nitrogens with zero attached hydrogens (tertiary/aromatic N) is 1. The van der Waals surface area contributed by atoms with E-state index >= 15 is 0 Å². The third kappa shape index (κ3) is 4.31. The summed E-state index contributed by atoms with van der Waals surface area (Å²) >= 11 is 0. The van der Waals surface area contributed by atoms with Gasteiger partial charge in [0.1, 0.15) is 5.75 Å². The van der Waals surface area contributed by atoms with E-state index in [1.807, 2.05) is 30.3 Å². The second kappa shape index (κ2) is 7.90. The molecule has 1 saturated heterocycles. The highest BCUT2D eigenvalue weighted by Crippen LogP contribution is 2.23. The lowest BCUT2D eigenvalue weighted by molar-refractivity contribution is 0.0690. The van der Waals surface area contributed by atoms with E-state index in [9.17, 15) is 9.90 Å². The van der Waals surface area contributed by atoms with E-state index in [2.05, 4.69) is 15.6 Å². The Kier molecular flexibility index (Phi) is 5.40. The average molecular weight is 327 g/mol. The van der Waals surface area contributed by atoms with Gasteiger partial charge in [0.05, 0.1) is 12.3 Å². The highest BCUT2D eigenvalue weighted by Gasteiger charge is 2.14. The zero-order chi connectivity index (χ0) is 16.8. The van der Waals surface area contributed by atoms with Crippen LogP contribution in [0.1, 0.15) is 16.9 Å². The molecule has 1 aromatic heterocycles. The summed E-state index contributed by atoms with van der Waals surface area (Å²) in [5.41, 5.74) is 1.45. The zero-order valence-corrected chi connectivity index (χ0v) is 13.4. The molecule has 126 valence electrons. The van der Waals surface area contributed by atoms with Gasteiger partial charge in [0.2, 0.25) is 0 Å². The molecule has 1 aliphatic heterocycles. The first kappa shape index (κ1) is 16.4. The van der Waals surface area contributed by atoms with Gasteiger partial charge in [-0.15, -0.1) is 0 Å². The molecule has 2 aromatic rings. The number of piperazine rings is 1. The maximum absolute atomic E-state index is 11.3. The number of ether oxygens (including phenoxy) is 1. The maximum atomic E-state index is 11.3. The fourth-order valence-corrected chi connectivity index (χ4v) is 2.69. The van der Waals surface area contributed by atoms with Gasteiger partial charge in [-0.05, 0) is 6.42 Å². The number of carboxylic acid groups (broad SMARTS) is 1. The molecular formula is C18H21N3O3. The summed E-state index contributed by atoms with van der Waals surface area (Å²) in [6.07, 6.45) is 0.860. The molecule has 1 aromatic carbocycles. The average Bonchev–Trinajstić information content (AvgIpc) is 2.63. The summed E-state index contributed by atoms with van der Waals surface area (Å²) in [4.78, 5) is 15.5. The van der Waals surface area contributed by atoms with Gasteiger partial charge in [-0.1, -0.05) is 30.3 Å². The Balaban J connectivity index is 1.72. The topological polar surface area (TPSA) is 83.5 Å². The lowest BCUT2D eigenvalue weighted by Crippen LogP contribution is -2.48. The van der Waals surface area contributed by atoms with E-state index in [0.717, 1.165) is 31.6 Å². The first-order chi connectivity index (χ1) is 11.7. The van der Waals surface area contributed by atoms with Gasteiger partial charge in [-0.2, -0.15) is 0 Å².